The Morgan fingerprint density at radius 3 is 2.23 bits per heavy atom. The van der Waals surface area contributed by atoms with Crippen LogP contribution >= 0.6 is 0 Å². The van der Waals surface area contributed by atoms with Gasteiger partial charge in [-0.3, -0.25) is 4.99 Å². The van der Waals surface area contributed by atoms with Gasteiger partial charge < -0.3 is 10.3 Å². The Bertz CT molecular complexity index is 1080. The topological polar surface area (TPSA) is 52.5 Å². The maximum Gasteiger partial charge on any atom is 0.0874 e. The normalized spacial score (nSPS) is 31.7. The number of hydrogen-bond donors (Lipinski definition) is 2. The van der Waals surface area contributed by atoms with E-state index in [9.17, 15) is 0 Å². The van der Waals surface area contributed by atoms with Crippen LogP contribution in [0.25, 0.3) is 11.1 Å². The van der Waals surface area contributed by atoms with Crippen molar-refractivity contribution in [1.29, 1.82) is 0 Å². The lowest BCUT2D eigenvalue weighted by Crippen LogP contribution is -2.29. The minimum atomic E-state index is 0.105. The molecular weight excluding hydrogens is 320 g/mol. The molecule has 0 spiro atoms. The largest absolute Gasteiger partial charge is 0.373 e. The quantitative estimate of drug-likeness (QED) is 0.726. The van der Waals surface area contributed by atoms with E-state index in [2.05, 4.69) is 79.7 Å². The van der Waals surface area contributed by atoms with Crippen LogP contribution in [0.3, 0.4) is 0 Å². The first-order valence-electron chi connectivity index (χ1n) is 8.91. The van der Waals surface area contributed by atoms with Crippen LogP contribution in [0.2, 0.25) is 0 Å². The van der Waals surface area contributed by atoms with Crippen molar-refractivity contribution >= 4 is 22.6 Å². The van der Waals surface area contributed by atoms with E-state index in [1.165, 1.54) is 0 Å². The second-order valence-corrected chi connectivity index (χ2v) is 7.03. The van der Waals surface area contributed by atoms with Crippen molar-refractivity contribution < 1.29 is 0 Å². The first-order chi connectivity index (χ1) is 12.6. The minimum absolute atomic E-state index is 0.105. The fourth-order valence-electron chi connectivity index (χ4n) is 3.65. The van der Waals surface area contributed by atoms with Crippen molar-refractivity contribution in [2.75, 3.05) is 0 Å². The van der Waals surface area contributed by atoms with Gasteiger partial charge in [-0.1, -0.05) is 6.08 Å². The zero-order valence-corrected chi connectivity index (χ0v) is 15.1. The smallest absolute Gasteiger partial charge is 0.0874 e. The molecule has 128 valence electrons. The van der Waals surface area contributed by atoms with Gasteiger partial charge >= 0.3 is 0 Å². The zero-order chi connectivity index (χ0) is 17.8. The summed E-state index contributed by atoms with van der Waals surface area (Å²) in [5, 5.41) is 3.57. The molecular formula is C22H20N4. The molecule has 4 nitrogen and oxygen atoms in total. The Hall–Kier alpha value is -3.14. The molecule has 5 heterocycles. The van der Waals surface area contributed by atoms with Crippen molar-refractivity contribution in [3.63, 3.8) is 0 Å². The number of fused-ring (bicyclic) bond motifs is 7. The van der Waals surface area contributed by atoms with Crippen LogP contribution < -0.4 is 5.32 Å². The van der Waals surface area contributed by atoms with Crippen LogP contribution in [0, 0.1) is 0 Å². The molecule has 26 heavy (non-hydrogen) atoms. The van der Waals surface area contributed by atoms with E-state index in [1.807, 2.05) is 0 Å². The summed E-state index contributed by atoms with van der Waals surface area (Å²) in [5.41, 5.74) is 10.8. The third kappa shape index (κ3) is 2.22. The summed E-state index contributed by atoms with van der Waals surface area (Å²) in [4.78, 5) is 13.2. The van der Waals surface area contributed by atoms with E-state index in [-0.39, 0.29) is 6.04 Å². The molecule has 0 radical (unpaired) electrons. The monoisotopic (exact) mass is 340 g/mol. The molecule has 0 aliphatic carbocycles. The summed E-state index contributed by atoms with van der Waals surface area (Å²) >= 11 is 0. The molecule has 4 heteroatoms. The predicted octanol–water partition coefficient (Wildman–Crippen LogP) is 4.31. The summed E-state index contributed by atoms with van der Waals surface area (Å²) < 4.78 is 0. The molecule has 4 aliphatic heterocycles. The predicted molar refractivity (Wildman–Crippen MR) is 108 cm³/mol. The number of H-pyrrole nitrogens is 1. The van der Waals surface area contributed by atoms with Crippen LogP contribution in [0.5, 0.6) is 0 Å². The second-order valence-electron chi connectivity index (χ2n) is 7.03. The number of aromatic nitrogens is 1. The maximum atomic E-state index is 4.86. The van der Waals surface area contributed by atoms with Crippen LogP contribution in [0.1, 0.15) is 32.2 Å². The van der Waals surface area contributed by atoms with Gasteiger partial charge in [-0.25, -0.2) is 4.99 Å². The third-order valence-electron chi connectivity index (χ3n) is 5.44. The number of rotatable bonds is 0. The number of allylic oxidation sites excluding steroid dienone is 7. The molecule has 2 N–H and O–H groups in total. The standard InChI is InChI=1S/C22H20N4/c1-12-15-4-6-17(23-15)13(2)19-8-10-21(25-19)22-11-9-20(26-22)14(3)18-7-5-16(12)24-18/h4-11,21,24-25H,1-3H3/b15-12-,19-13-,20-14-. The molecule has 8 bridgehead atoms. The molecule has 1 aromatic heterocycles. The van der Waals surface area contributed by atoms with Crippen LogP contribution in [-0.4, -0.2) is 22.4 Å². The molecule has 1 unspecified atom stereocenters. The SMILES string of the molecule is C/C1=C2\C=CC(N2)C2=N/C(=C(/C)c3ccc([nH]3)/C(C)=C3/C=CC1=N3)C=C2. The Morgan fingerprint density at radius 2 is 1.46 bits per heavy atom. The Kier molecular flexibility index (Phi) is 3.16. The van der Waals surface area contributed by atoms with Gasteiger partial charge in [0, 0.05) is 17.1 Å². The zero-order valence-electron chi connectivity index (χ0n) is 15.1. The lowest BCUT2D eigenvalue weighted by Gasteiger charge is -2.12. The lowest BCUT2D eigenvalue weighted by molar-refractivity contribution is 0.876. The molecule has 0 amide bonds. The number of aromatic amines is 1. The van der Waals surface area contributed by atoms with Gasteiger partial charge in [-0.05, 0) is 80.0 Å². The van der Waals surface area contributed by atoms with E-state index >= 15 is 0 Å². The van der Waals surface area contributed by atoms with Gasteiger partial charge in [0.15, 0.2) is 0 Å². The Labute approximate surface area is 152 Å². The van der Waals surface area contributed by atoms with Gasteiger partial charge in [-0.2, -0.15) is 0 Å². The van der Waals surface area contributed by atoms with E-state index in [4.69, 9.17) is 9.98 Å². The van der Waals surface area contributed by atoms with E-state index < -0.39 is 0 Å². The number of nitrogens with zero attached hydrogens (tertiary/aromatic N) is 2. The van der Waals surface area contributed by atoms with Gasteiger partial charge in [0.1, 0.15) is 0 Å². The summed E-state index contributed by atoms with van der Waals surface area (Å²) in [7, 11) is 0. The first kappa shape index (κ1) is 15.1. The van der Waals surface area contributed by atoms with Crippen molar-refractivity contribution in [3.8, 4) is 0 Å². The summed E-state index contributed by atoms with van der Waals surface area (Å²) in [5.74, 6) is 0. The van der Waals surface area contributed by atoms with E-state index in [1.54, 1.807) is 0 Å². The third-order valence-corrected chi connectivity index (χ3v) is 5.44. The van der Waals surface area contributed by atoms with Gasteiger partial charge in [0.05, 0.1) is 28.9 Å². The van der Waals surface area contributed by atoms with Crippen molar-refractivity contribution in [1.82, 2.24) is 10.3 Å². The fourth-order valence-corrected chi connectivity index (χ4v) is 3.65. The molecule has 0 saturated carbocycles. The minimum Gasteiger partial charge on any atom is -0.373 e. The van der Waals surface area contributed by atoms with Crippen LogP contribution in [-0.2, 0) is 0 Å². The second kappa shape index (κ2) is 5.43. The van der Waals surface area contributed by atoms with Crippen LogP contribution in [0.15, 0.2) is 81.2 Å². The molecule has 0 fully saturated rings. The maximum absolute atomic E-state index is 4.86. The van der Waals surface area contributed by atoms with Gasteiger partial charge in [0.25, 0.3) is 0 Å². The summed E-state index contributed by atoms with van der Waals surface area (Å²) in [6, 6.07) is 4.35. The van der Waals surface area contributed by atoms with Gasteiger partial charge in [0.2, 0.25) is 0 Å². The number of nitrogens with one attached hydrogen (secondary N) is 2. The van der Waals surface area contributed by atoms with Gasteiger partial charge in [-0.15, -0.1) is 0 Å². The summed E-state index contributed by atoms with van der Waals surface area (Å²) in [6.07, 6.45) is 12.7. The highest BCUT2D eigenvalue weighted by atomic mass is 15.0. The molecule has 4 aliphatic rings. The highest BCUT2D eigenvalue weighted by Crippen LogP contribution is 2.29. The number of hydrogen-bond acceptors (Lipinski definition) is 3. The molecule has 5 rings (SSSR count). The van der Waals surface area contributed by atoms with Crippen LogP contribution in [0.4, 0.5) is 0 Å². The average Bonchev–Trinajstić information content (AvgIpc) is 3.45. The summed E-state index contributed by atoms with van der Waals surface area (Å²) in [6.45, 7) is 6.34. The Morgan fingerprint density at radius 1 is 0.769 bits per heavy atom. The molecule has 1 atom stereocenters. The highest BCUT2D eigenvalue weighted by Gasteiger charge is 2.23. The lowest BCUT2D eigenvalue weighted by atomic mass is 10.1. The number of aliphatic imine (C=N–C) groups is 2. The van der Waals surface area contributed by atoms with Crippen molar-refractivity contribution in [2.24, 2.45) is 9.98 Å². The van der Waals surface area contributed by atoms with E-state index in [0.29, 0.717) is 0 Å². The first-order valence-corrected chi connectivity index (χ1v) is 8.91. The Balaban J connectivity index is 1.74. The highest BCUT2D eigenvalue weighted by molar-refractivity contribution is 6.12. The molecule has 0 aromatic carbocycles. The average molecular weight is 340 g/mol. The fraction of sp³-hybridized carbons (Fsp3) is 0.182. The van der Waals surface area contributed by atoms with E-state index in [0.717, 1.165) is 56.6 Å². The molecule has 1 aromatic rings. The molecule has 0 saturated heterocycles. The van der Waals surface area contributed by atoms with Crippen molar-refractivity contribution in [3.05, 3.63) is 82.6 Å². The van der Waals surface area contributed by atoms with Crippen molar-refractivity contribution in [2.45, 2.75) is 26.8 Å².